The summed E-state index contributed by atoms with van der Waals surface area (Å²) in [4.78, 5) is 15.5. The number of aromatic nitrogens is 2. The first kappa shape index (κ1) is 15.9. The molecule has 0 saturated heterocycles. The lowest BCUT2D eigenvalue weighted by molar-refractivity contribution is 0.0697. The van der Waals surface area contributed by atoms with E-state index in [9.17, 15) is 14.3 Å². The molecule has 3 rings (SSSR count). The van der Waals surface area contributed by atoms with E-state index < -0.39 is 11.8 Å². The highest BCUT2D eigenvalue weighted by Gasteiger charge is 2.18. The van der Waals surface area contributed by atoms with Gasteiger partial charge in [0.1, 0.15) is 5.82 Å². The number of carboxylic acids is 1. The van der Waals surface area contributed by atoms with Crippen LogP contribution >= 0.6 is 0 Å². The van der Waals surface area contributed by atoms with Gasteiger partial charge in [0.25, 0.3) is 5.89 Å². The summed E-state index contributed by atoms with van der Waals surface area (Å²) < 4.78 is 19.2. The number of aromatic carboxylic acids is 1. The van der Waals surface area contributed by atoms with Gasteiger partial charge in [-0.25, -0.2) is 9.18 Å². The zero-order chi connectivity index (χ0) is 17.4. The van der Waals surface area contributed by atoms with E-state index in [4.69, 9.17) is 4.52 Å². The smallest absolute Gasteiger partial charge is 0.335 e. The molecule has 2 aromatic carbocycles. The van der Waals surface area contributed by atoms with Crippen molar-refractivity contribution in [1.29, 1.82) is 0 Å². The van der Waals surface area contributed by atoms with E-state index >= 15 is 0 Å². The highest BCUT2D eigenvalue weighted by Crippen LogP contribution is 2.29. The van der Waals surface area contributed by atoms with Crippen LogP contribution < -0.4 is 0 Å². The third-order valence-corrected chi connectivity index (χ3v) is 3.93. The molecule has 5 nitrogen and oxygen atoms in total. The summed E-state index contributed by atoms with van der Waals surface area (Å²) >= 11 is 0. The first-order valence-electron chi connectivity index (χ1n) is 7.32. The standard InChI is InChI=1S/C18H15FN2O3/c1-9-4-5-15(19)14(6-9)17-20-16(21-24-17)13-8-12(18(22)23)7-10(2)11(13)3/h4-8H,1-3H3,(H,22,23). The molecular weight excluding hydrogens is 311 g/mol. The molecule has 122 valence electrons. The summed E-state index contributed by atoms with van der Waals surface area (Å²) in [6.45, 7) is 5.50. The SMILES string of the molecule is Cc1ccc(F)c(-c2nc(-c3cc(C(=O)O)cc(C)c3C)no2)c1. The fourth-order valence-corrected chi connectivity index (χ4v) is 2.46. The number of rotatable bonds is 3. The Morgan fingerprint density at radius 3 is 2.58 bits per heavy atom. The van der Waals surface area contributed by atoms with Gasteiger partial charge in [-0.15, -0.1) is 0 Å². The molecule has 0 saturated carbocycles. The molecule has 0 aliphatic carbocycles. The zero-order valence-electron chi connectivity index (χ0n) is 13.4. The van der Waals surface area contributed by atoms with E-state index in [2.05, 4.69) is 10.1 Å². The summed E-state index contributed by atoms with van der Waals surface area (Å²) in [7, 11) is 0. The molecule has 0 unspecified atom stereocenters. The molecule has 0 bridgehead atoms. The Labute approximate surface area is 137 Å². The molecule has 1 N–H and O–H groups in total. The van der Waals surface area contributed by atoms with Gasteiger partial charge in [-0.1, -0.05) is 16.8 Å². The van der Waals surface area contributed by atoms with Crippen molar-refractivity contribution in [2.24, 2.45) is 0 Å². The number of carboxylic acid groups (broad SMARTS) is 1. The van der Waals surface area contributed by atoms with Crippen molar-refractivity contribution in [3.63, 3.8) is 0 Å². The van der Waals surface area contributed by atoms with E-state index in [1.54, 1.807) is 18.2 Å². The quantitative estimate of drug-likeness (QED) is 0.782. The third kappa shape index (κ3) is 2.78. The summed E-state index contributed by atoms with van der Waals surface area (Å²) in [5.74, 6) is -1.20. The molecule has 0 fully saturated rings. The fourth-order valence-electron chi connectivity index (χ4n) is 2.46. The Kier molecular flexibility index (Phi) is 3.89. The number of hydrogen-bond donors (Lipinski definition) is 1. The van der Waals surface area contributed by atoms with Gasteiger partial charge < -0.3 is 9.63 Å². The Hall–Kier alpha value is -3.02. The molecule has 0 amide bonds. The lowest BCUT2D eigenvalue weighted by Gasteiger charge is -2.07. The van der Waals surface area contributed by atoms with Gasteiger partial charge in [-0.05, 0) is 56.2 Å². The van der Waals surface area contributed by atoms with Crippen molar-refractivity contribution in [3.05, 3.63) is 58.4 Å². The summed E-state index contributed by atoms with van der Waals surface area (Å²) in [6, 6.07) is 7.70. The molecule has 24 heavy (non-hydrogen) atoms. The molecular formula is C18H15FN2O3. The number of carbonyl (C=O) groups is 1. The van der Waals surface area contributed by atoms with Crippen LogP contribution in [-0.4, -0.2) is 21.2 Å². The van der Waals surface area contributed by atoms with Gasteiger partial charge >= 0.3 is 5.97 Å². The van der Waals surface area contributed by atoms with Crippen LogP contribution in [0, 0.1) is 26.6 Å². The second-order valence-corrected chi connectivity index (χ2v) is 5.68. The van der Waals surface area contributed by atoms with Gasteiger partial charge in [0.05, 0.1) is 11.1 Å². The van der Waals surface area contributed by atoms with E-state index in [0.29, 0.717) is 5.56 Å². The van der Waals surface area contributed by atoms with Crippen LogP contribution in [0.2, 0.25) is 0 Å². The van der Waals surface area contributed by atoms with Crippen LogP contribution in [0.15, 0.2) is 34.9 Å². The van der Waals surface area contributed by atoms with Crippen molar-refractivity contribution in [2.45, 2.75) is 20.8 Å². The summed E-state index contributed by atoms with van der Waals surface area (Å²) in [6.07, 6.45) is 0. The average molecular weight is 326 g/mol. The minimum atomic E-state index is -1.03. The maximum absolute atomic E-state index is 14.0. The van der Waals surface area contributed by atoms with Crippen LogP contribution in [-0.2, 0) is 0 Å². The van der Waals surface area contributed by atoms with Gasteiger partial charge in [-0.2, -0.15) is 4.98 Å². The van der Waals surface area contributed by atoms with Crippen molar-refractivity contribution in [3.8, 4) is 22.8 Å². The van der Waals surface area contributed by atoms with Crippen molar-refractivity contribution >= 4 is 5.97 Å². The molecule has 0 radical (unpaired) electrons. The Morgan fingerprint density at radius 2 is 1.88 bits per heavy atom. The largest absolute Gasteiger partial charge is 0.478 e. The molecule has 1 aromatic heterocycles. The third-order valence-electron chi connectivity index (χ3n) is 3.93. The molecule has 0 atom stereocenters. The monoisotopic (exact) mass is 326 g/mol. The van der Waals surface area contributed by atoms with Crippen LogP contribution in [0.4, 0.5) is 4.39 Å². The summed E-state index contributed by atoms with van der Waals surface area (Å²) in [5.41, 5.74) is 3.43. The number of nitrogens with zero attached hydrogens (tertiary/aromatic N) is 2. The maximum atomic E-state index is 14.0. The van der Waals surface area contributed by atoms with Crippen molar-refractivity contribution in [2.75, 3.05) is 0 Å². The van der Waals surface area contributed by atoms with Crippen LogP contribution in [0.3, 0.4) is 0 Å². The molecule has 6 heteroatoms. The van der Waals surface area contributed by atoms with E-state index in [-0.39, 0.29) is 22.8 Å². The van der Waals surface area contributed by atoms with Crippen molar-refractivity contribution in [1.82, 2.24) is 10.1 Å². The van der Waals surface area contributed by atoms with E-state index in [1.165, 1.54) is 12.1 Å². The second kappa shape index (κ2) is 5.88. The topological polar surface area (TPSA) is 76.2 Å². The minimum absolute atomic E-state index is 0.0592. The molecule has 0 aliphatic rings. The number of hydrogen-bond acceptors (Lipinski definition) is 4. The first-order valence-corrected chi connectivity index (χ1v) is 7.32. The lowest BCUT2D eigenvalue weighted by Crippen LogP contribution is -2.00. The van der Waals surface area contributed by atoms with Gasteiger partial charge in [0, 0.05) is 5.56 Å². The number of benzene rings is 2. The lowest BCUT2D eigenvalue weighted by atomic mass is 9.99. The van der Waals surface area contributed by atoms with Gasteiger partial charge in [-0.3, -0.25) is 0 Å². The van der Waals surface area contributed by atoms with Gasteiger partial charge in [0.15, 0.2) is 0 Å². The van der Waals surface area contributed by atoms with E-state index in [0.717, 1.165) is 16.7 Å². The Morgan fingerprint density at radius 1 is 1.12 bits per heavy atom. The minimum Gasteiger partial charge on any atom is -0.478 e. The molecule has 0 spiro atoms. The second-order valence-electron chi connectivity index (χ2n) is 5.68. The van der Waals surface area contributed by atoms with Crippen LogP contribution in [0.5, 0.6) is 0 Å². The molecule has 1 heterocycles. The van der Waals surface area contributed by atoms with Crippen LogP contribution in [0.25, 0.3) is 22.8 Å². The molecule has 3 aromatic rings. The van der Waals surface area contributed by atoms with Crippen molar-refractivity contribution < 1.29 is 18.8 Å². The summed E-state index contributed by atoms with van der Waals surface area (Å²) in [5, 5.41) is 13.1. The normalized spacial score (nSPS) is 10.8. The van der Waals surface area contributed by atoms with E-state index in [1.807, 2.05) is 20.8 Å². The highest BCUT2D eigenvalue weighted by atomic mass is 19.1. The average Bonchev–Trinajstić information content (AvgIpc) is 3.01. The van der Waals surface area contributed by atoms with Gasteiger partial charge in [0.2, 0.25) is 5.82 Å². The number of aryl methyl sites for hydroxylation is 2. The maximum Gasteiger partial charge on any atom is 0.335 e. The van der Waals surface area contributed by atoms with Crippen LogP contribution in [0.1, 0.15) is 27.0 Å². The fraction of sp³-hybridized carbons (Fsp3) is 0.167. The predicted octanol–water partition coefficient (Wildman–Crippen LogP) is 4.17. The predicted molar refractivity (Wildman–Crippen MR) is 86.3 cm³/mol. The Bertz CT molecular complexity index is 947. The molecule has 0 aliphatic heterocycles. The number of halogens is 1. The highest BCUT2D eigenvalue weighted by molar-refractivity contribution is 5.90. The first-order chi connectivity index (χ1) is 11.4. The Balaban J connectivity index is 2.12. The zero-order valence-corrected chi connectivity index (χ0v) is 13.4.